The molecule has 0 spiro atoms. The van der Waals surface area contributed by atoms with Crippen molar-refractivity contribution in [1.29, 1.82) is 0 Å². The van der Waals surface area contributed by atoms with Crippen LogP contribution in [-0.2, 0) is 4.79 Å². The average molecular weight is 434 g/mol. The van der Waals surface area contributed by atoms with Gasteiger partial charge in [0.1, 0.15) is 5.75 Å². The van der Waals surface area contributed by atoms with Gasteiger partial charge in [-0.25, -0.2) is 5.43 Å². The minimum absolute atomic E-state index is 0.0728. The number of hydrogen-bond donors (Lipinski definition) is 1. The number of rotatable bonds is 5. The summed E-state index contributed by atoms with van der Waals surface area (Å²) < 4.78 is 5.39. The van der Waals surface area contributed by atoms with Crippen LogP contribution in [0.4, 0.5) is 5.69 Å². The number of carbonyl (C=O) groups excluding carboxylic acids is 1. The number of nitrogens with zero attached hydrogens (tertiary/aromatic N) is 2. The van der Waals surface area contributed by atoms with Crippen LogP contribution in [0, 0.1) is 0 Å². The fourth-order valence-corrected chi connectivity index (χ4v) is 3.92. The van der Waals surface area contributed by atoms with Gasteiger partial charge in [-0.05, 0) is 68.1 Å². The van der Waals surface area contributed by atoms with Gasteiger partial charge in [-0.2, -0.15) is 5.10 Å². The van der Waals surface area contributed by atoms with Gasteiger partial charge in [0.15, 0.2) is 6.61 Å². The number of ether oxygens (including phenoxy) is 1. The van der Waals surface area contributed by atoms with Gasteiger partial charge in [0.25, 0.3) is 5.91 Å². The van der Waals surface area contributed by atoms with Crippen molar-refractivity contribution in [2.75, 3.05) is 18.6 Å². The van der Waals surface area contributed by atoms with Gasteiger partial charge in [-0.3, -0.25) is 4.79 Å². The quantitative estimate of drug-likeness (QED) is 0.517. The van der Waals surface area contributed by atoms with Crippen LogP contribution < -0.4 is 15.1 Å². The zero-order valence-electron chi connectivity index (χ0n) is 17.0. The number of fused-ring (bicyclic) bond motifs is 1. The van der Waals surface area contributed by atoms with Crippen LogP contribution in [0.25, 0.3) is 0 Å². The standard InChI is InChI=1S/C22H25Cl2N3O2/c1-14-11-22(2,3)27(4)20-10-19(24)15(9-18(14)20)12-25-26-21(28)13-29-17-7-5-16(23)6-8-17/h5-10,12,14H,11,13H2,1-4H3,(H,26,28)/b25-12+. The van der Waals surface area contributed by atoms with Crippen LogP contribution in [-0.4, -0.2) is 31.3 Å². The molecule has 1 N–H and O–H groups in total. The second-order valence-electron chi connectivity index (χ2n) is 7.94. The third-order valence-corrected chi connectivity index (χ3v) is 5.91. The first-order valence-corrected chi connectivity index (χ1v) is 10.2. The minimum Gasteiger partial charge on any atom is -0.484 e. The van der Waals surface area contributed by atoms with E-state index in [0.717, 1.165) is 17.7 Å². The molecule has 0 saturated heterocycles. The van der Waals surface area contributed by atoms with Gasteiger partial charge >= 0.3 is 0 Å². The van der Waals surface area contributed by atoms with E-state index in [2.05, 4.69) is 43.2 Å². The largest absolute Gasteiger partial charge is 0.484 e. The van der Waals surface area contributed by atoms with E-state index in [4.69, 9.17) is 27.9 Å². The fraction of sp³-hybridized carbons (Fsp3) is 0.364. The summed E-state index contributed by atoms with van der Waals surface area (Å²) in [5.41, 5.74) is 5.67. The van der Waals surface area contributed by atoms with Gasteiger partial charge in [-0.1, -0.05) is 30.1 Å². The topological polar surface area (TPSA) is 53.9 Å². The van der Waals surface area contributed by atoms with Crippen LogP contribution >= 0.6 is 23.2 Å². The van der Waals surface area contributed by atoms with E-state index < -0.39 is 0 Å². The molecule has 3 rings (SSSR count). The van der Waals surface area contributed by atoms with E-state index in [1.165, 1.54) is 5.56 Å². The predicted octanol–water partition coefficient (Wildman–Crippen LogP) is 5.24. The van der Waals surface area contributed by atoms with Crippen molar-refractivity contribution in [3.63, 3.8) is 0 Å². The number of halogens is 2. The maximum atomic E-state index is 11.9. The lowest BCUT2D eigenvalue weighted by Gasteiger charge is -2.45. The predicted molar refractivity (Wildman–Crippen MR) is 120 cm³/mol. The van der Waals surface area contributed by atoms with E-state index in [-0.39, 0.29) is 18.1 Å². The first-order valence-electron chi connectivity index (χ1n) is 9.45. The zero-order chi connectivity index (χ0) is 21.2. The van der Waals surface area contributed by atoms with Crippen molar-refractivity contribution >= 4 is 41.0 Å². The summed E-state index contributed by atoms with van der Waals surface area (Å²) in [5, 5.41) is 5.23. The Bertz CT molecular complexity index is 926. The number of hydrogen-bond acceptors (Lipinski definition) is 4. The van der Waals surface area contributed by atoms with E-state index in [9.17, 15) is 4.79 Å². The third-order valence-electron chi connectivity index (χ3n) is 5.33. The number of benzene rings is 2. The molecule has 0 radical (unpaired) electrons. The second-order valence-corrected chi connectivity index (χ2v) is 8.79. The first-order chi connectivity index (χ1) is 13.7. The molecule has 0 saturated carbocycles. The lowest BCUT2D eigenvalue weighted by atomic mass is 9.80. The van der Waals surface area contributed by atoms with Gasteiger partial charge in [0, 0.05) is 28.9 Å². The van der Waals surface area contributed by atoms with Crippen LogP contribution in [0.5, 0.6) is 5.75 Å². The highest BCUT2D eigenvalue weighted by atomic mass is 35.5. The van der Waals surface area contributed by atoms with E-state index >= 15 is 0 Å². The number of anilines is 1. The summed E-state index contributed by atoms with van der Waals surface area (Å²) in [5.74, 6) is 0.607. The third kappa shape index (κ3) is 5.03. The summed E-state index contributed by atoms with van der Waals surface area (Å²) in [7, 11) is 2.09. The molecule has 0 fully saturated rings. The first kappa shape index (κ1) is 21.5. The normalized spacial score (nSPS) is 17.9. The van der Waals surface area contributed by atoms with E-state index in [1.54, 1.807) is 30.5 Å². The molecule has 2 aromatic carbocycles. The van der Waals surface area contributed by atoms with E-state index in [0.29, 0.717) is 21.7 Å². The van der Waals surface area contributed by atoms with Crippen molar-refractivity contribution < 1.29 is 9.53 Å². The Morgan fingerprint density at radius 2 is 2.00 bits per heavy atom. The van der Waals surface area contributed by atoms with Crippen LogP contribution in [0.2, 0.25) is 10.0 Å². The monoisotopic (exact) mass is 433 g/mol. The molecule has 29 heavy (non-hydrogen) atoms. The number of nitrogens with one attached hydrogen (secondary N) is 1. The zero-order valence-corrected chi connectivity index (χ0v) is 18.5. The second kappa shape index (κ2) is 8.64. The maximum absolute atomic E-state index is 11.9. The number of hydrazone groups is 1. The summed E-state index contributed by atoms with van der Waals surface area (Å²) in [4.78, 5) is 14.2. The molecule has 5 nitrogen and oxygen atoms in total. The Labute approximate surface area is 181 Å². The Kier molecular flexibility index (Phi) is 6.39. The molecule has 0 bridgehead atoms. The summed E-state index contributed by atoms with van der Waals surface area (Å²) in [6, 6.07) is 10.8. The SMILES string of the molecule is CC1CC(C)(C)N(C)c2cc(Cl)c(/C=N/NC(=O)COc3ccc(Cl)cc3)cc21. The highest BCUT2D eigenvalue weighted by molar-refractivity contribution is 6.33. The maximum Gasteiger partial charge on any atom is 0.277 e. The van der Waals surface area contributed by atoms with E-state index in [1.807, 2.05) is 12.1 Å². The molecule has 1 aliphatic rings. The molecular weight excluding hydrogens is 409 g/mol. The molecule has 7 heteroatoms. The Hall–Kier alpha value is -2.24. The van der Waals surface area contributed by atoms with Gasteiger partial charge in [0.2, 0.25) is 0 Å². The molecule has 0 aliphatic carbocycles. The van der Waals surface area contributed by atoms with Crippen molar-refractivity contribution in [1.82, 2.24) is 5.43 Å². The van der Waals surface area contributed by atoms with Gasteiger partial charge in [0.05, 0.1) is 11.2 Å². The van der Waals surface area contributed by atoms with Gasteiger partial charge < -0.3 is 9.64 Å². The van der Waals surface area contributed by atoms with Crippen molar-refractivity contribution in [3.8, 4) is 5.75 Å². The molecule has 0 aromatic heterocycles. The Morgan fingerprint density at radius 3 is 2.69 bits per heavy atom. The summed E-state index contributed by atoms with van der Waals surface area (Å²) in [6.45, 7) is 6.54. The van der Waals surface area contributed by atoms with Crippen LogP contribution in [0.15, 0.2) is 41.5 Å². The van der Waals surface area contributed by atoms with Crippen molar-refractivity contribution in [2.24, 2.45) is 5.10 Å². The smallest absolute Gasteiger partial charge is 0.277 e. The molecular formula is C22H25Cl2N3O2. The summed E-state index contributed by atoms with van der Waals surface area (Å²) >= 11 is 12.3. The summed E-state index contributed by atoms with van der Waals surface area (Å²) in [6.07, 6.45) is 2.61. The Morgan fingerprint density at radius 1 is 1.31 bits per heavy atom. The minimum atomic E-state index is -0.361. The van der Waals surface area contributed by atoms with Crippen LogP contribution in [0.1, 0.15) is 44.2 Å². The van der Waals surface area contributed by atoms with Crippen molar-refractivity contribution in [3.05, 3.63) is 57.6 Å². The van der Waals surface area contributed by atoms with Crippen molar-refractivity contribution in [2.45, 2.75) is 38.6 Å². The molecule has 154 valence electrons. The highest BCUT2D eigenvalue weighted by Gasteiger charge is 2.34. The lowest BCUT2D eigenvalue weighted by Crippen LogP contribution is -2.45. The number of carbonyl (C=O) groups is 1. The van der Waals surface area contributed by atoms with Crippen LogP contribution in [0.3, 0.4) is 0 Å². The Balaban J connectivity index is 1.64. The fourth-order valence-electron chi connectivity index (χ4n) is 3.59. The molecule has 1 unspecified atom stereocenters. The lowest BCUT2D eigenvalue weighted by molar-refractivity contribution is -0.123. The highest BCUT2D eigenvalue weighted by Crippen LogP contribution is 2.44. The number of amides is 1. The van der Waals surface area contributed by atoms with Gasteiger partial charge in [-0.15, -0.1) is 0 Å². The average Bonchev–Trinajstić information content (AvgIpc) is 2.66. The molecule has 2 aromatic rings. The molecule has 1 atom stereocenters. The molecule has 1 aliphatic heterocycles. The molecule has 1 heterocycles. The molecule has 1 amide bonds.